The van der Waals surface area contributed by atoms with Gasteiger partial charge in [0.25, 0.3) is 5.91 Å². The van der Waals surface area contributed by atoms with Crippen molar-refractivity contribution in [3.05, 3.63) is 108 Å². The number of nitrogens with one attached hydrogen (secondary N) is 1. The third-order valence-electron chi connectivity index (χ3n) is 4.63. The fourth-order valence-corrected chi connectivity index (χ4v) is 2.92. The molecule has 0 fully saturated rings. The molecule has 0 saturated heterocycles. The van der Waals surface area contributed by atoms with Crippen molar-refractivity contribution in [3.8, 4) is 22.9 Å². The van der Waals surface area contributed by atoms with Crippen molar-refractivity contribution >= 4 is 5.91 Å². The van der Waals surface area contributed by atoms with Crippen LogP contribution in [0.1, 0.15) is 21.5 Å². The first-order chi connectivity index (χ1) is 14.7. The lowest BCUT2D eigenvalue weighted by Gasteiger charge is -2.07. The fourth-order valence-electron chi connectivity index (χ4n) is 2.92. The van der Waals surface area contributed by atoms with Crippen molar-refractivity contribution in [2.45, 2.75) is 13.5 Å². The van der Waals surface area contributed by atoms with Crippen LogP contribution in [0.5, 0.6) is 11.8 Å². The normalized spacial score (nSPS) is 10.4. The molecule has 0 aliphatic heterocycles. The van der Waals surface area contributed by atoms with Gasteiger partial charge in [0.15, 0.2) is 0 Å². The van der Waals surface area contributed by atoms with Crippen LogP contribution in [0.15, 0.2) is 91.3 Å². The molecule has 5 heteroatoms. The Labute approximate surface area is 175 Å². The summed E-state index contributed by atoms with van der Waals surface area (Å²) < 4.78 is 5.70. The lowest BCUT2D eigenvalue weighted by molar-refractivity contribution is 0.0951. The monoisotopic (exact) mass is 395 g/mol. The molecule has 30 heavy (non-hydrogen) atoms. The summed E-state index contributed by atoms with van der Waals surface area (Å²) >= 11 is 0. The van der Waals surface area contributed by atoms with Gasteiger partial charge in [-0.3, -0.25) is 4.79 Å². The lowest BCUT2D eigenvalue weighted by Crippen LogP contribution is -2.22. The molecule has 3 aromatic carbocycles. The highest BCUT2D eigenvalue weighted by Gasteiger charge is 2.07. The molecule has 0 bridgehead atoms. The minimum absolute atomic E-state index is 0.135. The van der Waals surface area contributed by atoms with Crippen molar-refractivity contribution in [1.29, 1.82) is 0 Å². The SMILES string of the molecule is Cc1ccc(-c2cnc(Oc3ccc(C(=O)NCc4ccccc4)cc3)nc2)cc1. The second-order valence-corrected chi connectivity index (χ2v) is 6.92. The predicted molar refractivity (Wildman–Crippen MR) is 116 cm³/mol. The Morgan fingerprint density at radius 1 is 0.833 bits per heavy atom. The summed E-state index contributed by atoms with van der Waals surface area (Å²) in [6.45, 7) is 2.54. The van der Waals surface area contributed by atoms with Crippen LogP contribution in [0.3, 0.4) is 0 Å². The highest BCUT2D eigenvalue weighted by molar-refractivity contribution is 5.94. The molecule has 0 spiro atoms. The molecule has 0 saturated carbocycles. The van der Waals surface area contributed by atoms with Gasteiger partial charge < -0.3 is 10.1 Å². The van der Waals surface area contributed by atoms with E-state index >= 15 is 0 Å². The van der Waals surface area contributed by atoms with E-state index in [0.29, 0.717) is 17.9 Å². The highest BCUT2D eigenvalue weighted by Crippen LogP contribution is 2.22. The van der Waals surface area contributed by atoms with E-state index in [-0.39, 0.29) is 11.9 Å². The highest BCUT2D eigenvalue weighted by atomic mass is 16.5. The van der Waals surface area contributed by atoms with E-state index in [0.717, 1.165) is 16.7 Å². The first-order valence-electron chi connectivity index (χ1n) is 9.66. The minimum atomic E-state index is -0.135. The number of hydrogen-bond acceptors (Lipinski definition) is 4. The Bertz CT molecular complexity index is 1110. The maximum atomic E-state index is 12.3. The Morgan fingerprint density at radius 2 is 1.50 bits per heavy atom. The van der Waals surface area contributed by atoms with Gasteiger partial charge in [-0.2, -0.15) is 0 Å². The van der Waals surface area contributed by atoms with Gasteiger partial charge in [0.05, 0.1) is 0 Å². The standard InChI is InChI=1S/C25H21N3O2/c1-18-7-9-20(10-8-18)22-16-27-25(28-17-22)30-23-13-11-21(12-14-23)24(29)26-15-19-5-3-2-4-6-19/h2-14,16-17H,15H2,1H3,(H,26,29). The largest absolute Gasteiger partial charge is 0.424 e. The molecule has 0 atom stereocenters. The molecule has 0 aliphatic rings. The summed E-state index contributed by atoms with van der Waals surface area (Å²) in [7, 11) is 0. The summed E-state index contributed by atoms with van der Waals surface area (Å²) in [6, 6.07) is 25.1. The minimum Gasteiger partial charge on any atom is -0.424 e. The van der Waals surface area contributed by atoms with Crippen molar-refractivity contribution < 1.29 is 9.53 Å². The van der Waals surface area contributed by atoms with E-state index in [9.17, 15) is 4.79 Å². The summed E-state index contributed by atoms with van der Waals surface area (Å²) in [6.07, 6.45) is 3.47. The Morgan fingerprint density at radius 3 is 2.17 bits per heavy atom. The molecule has 148 valence electrons. The number of ether oxygens (including phenoxy) is 1. The number of carbonyl (C=O) groups is 1. The predicted octanol–water partition coefficient (Wildman–Crippen LogP) is 5.17. The van der Waals surface area contributed by atoms with Gasteiger partial charge in [0, 0.05) is 30.1 Å². The Hall–Kier alpha value is -3.99. The summed E-state index contributed by atoms with van der Waals surface area (Å²) in [4.78, 5) is 20.9. The van der Waals surface area contributed by atoms with Crippen LogP contribution in [0.25, 0.3) is 11.1 Å². The molecular formula is C25H21N3O2. The number of rotatable bonds is 6. The summed E-state index contributed by atoms with van der Waals surface area (Å²) in [5.74, 6) is 0.432. The summed E-state index contributed by atoms with van der Waals surface area (Å²) in [5.41, 5.74) is 4.80. The molecule has 5 nitrogen and oxygen atoms in total. The fraction of sp³-hybridized carbons (Fsp3) is 0.0800. The maximum absolute atomic E-state index is 12.3. The topological polar surface area (TPSA) is 64.1 Å². The third-order valence-corrected chi connectivity index (χ3v) is 4.63. The maximum Gasteiger partial charge on any atom is 0.321 e. The molecule has 1 aromatic heterocycles. The number of benzene rings is 3. The van der Waals surface area contributed by atoms with Gasteiger partial charge in [0.2, 0.25) is 0 Å². The van der Waals surface area contributed by atoms with Gasteiger partial charge in [-0.05, 0) is 42.3 Å². The van der Waals surface area contributed by atoms with E-state index in [1.165, 1.54) is 5.56 Å². The first kappa shape index (κ1) is 19.3. The van der Waals surface area contributed by atoms with Crippen molar-refractivity contribution in [2.24, 2.45) is 0 Å². The number of carbonyl (C=O) groups excluding carboxylic acids is 1. The first-order valence-corrected chi connectivity index (χ1v) is 9.66. The molecule has 0 radical (unpaired) electrons. The Kier molecular flexibility index (Phi) is 5.80. The van der Waals surface area contributed by atoms with E-state index in [1.54, 1.807) is 36.7 Å². The quantitative estimate of drug-likeness (QED) is 0.489. The van der Waals surface area contributed by atoms with Crippen LogP contribution < -0.4 is 10.1 Å². The molecule has 0 unspecified atom stereocenters. The molecule has 1 amide bonds. The number of nitrogens with zero attached hydrogens (tertiary/aromatic N) is 2. The number of amides is 1. The van der Waals surface area contributed by atoms with Gasteiger partial charge in [-0.15, -0.1) is 0 Å². The molecular weight excluding hydrogens is 374 g/mol. The van der Waals surface area contributed by atoms with Crippen LogP contribution in [0.4, 0.5) is 0 Å². The number of aryl methyl sites for hydroxylation is 1. The number of hydrogen-bond donors (Lipinski definition) is 1. The third kappa shape index (κ3) is 4.89. The molecule has 4 aromatic rings. The molecule has 0 aliphatic carbocycles. The molecule has 1 heterocycles. The van der Waals surface area contributed by atoms with Crippen LogP contribution in [-0.2, 0) is 6.54 Å². The average molecular weight is 395 g/mol. The zero-order chi connectivity index (χ0) is 20.8. The second-order valence-electron chi connectivity index (χ2n) is 6.92. The van der Waals surface area contributed by atoms with Crippen molar-refractivity contribution in [1.82, 2.24) is 15.3 Å². The van der Waals surface area contributed by atoms with Gasteiger partial charge in [-0.25, -0.2) is 9.97 Å². The zero-order valence-electron chi connectivity index (χ0n) is 16.6. The van der Waals surface area contributed by atoms with Gasteiger partial charge in [-0.1, -0.05) is 60.2 Å². The smallest absolute Gasteiger partial charge is 0.321 e. The summed E-state index contributed by atoms with van der Waals surface area (Å²) in [5, 5.41) is 2.91. The zero-order valence-corrected chi connectivity index (χ0v) is 16.6. The van der Waals surface area contributed by atoms with Crippen LogP contribution >= 0.6 is 0 Å². The Balaban J connectivity index is 1.36. The lowest BCUT2D eigenvalue weighted by atomic mass is 10.1. The molecule has 1 N–H and O–H groups in total. The van der Waals surface area contributed by atoms with Gasteiger partial charge >= 0.3 is 6.01 Å². The van der Waals surface area contributed by atoms with E-state index in [4.69, 9.17) is 4.74 Å². The van der Waals surface area contributed by atoms with Crippen LogP contribution in [0.2, 0.25) is 0 Å². The van der Waals surface area contributed by atoms with E-state index in [1.807, 2.05) is 42.5 Å². The molecule has 4 rings (SSSR count). The van der Waals surface area contributed by atoms with Crippen LogP contribution in [-0.4, -0.2) is 15.9 Å². The number of aromatic nitrogens is 2. The van der Waals surface area contributed by atoms with Gasteiger partial charge in [0.1, 0.15) is 5.75 Å². The van der Waals surface area contributed by atoms with E-state index in [2.05, 4.69) is 34.3 Å². The van der Waals surface area contributed by atoms with E-state index < -0.39 is 0 Å². The average Bonchev–Trinajstić information content (AvgIpc) is 2.80. The van der Waals surface area contributed by atoms with Crippen molar-refractivity contribution in [2.75, 3.05) is 0 Å². The second kappa shape index (κ2) is 9.01. The van der Waals surface area contributed by atoms with Crippen molar-refractivity contribution in [3.63, 3.8) is 0 Å². The van der Waals surface area contributed by atoms with Crippen LogP contribution in [0, 0.1) is 6.92 Å².